The average Bonchev–Trinajstić information content (AvgIpc) is 2.58. The SMILES string of the molecule is CCC(=O)C1C2CC=CC(S2)C1C(=O)OC. The third-order valence-corrected chi connectivity index (χ3v) is 4.96. The van der Waals surface area contributed by atoms with Crippen molar-refractivity contribution in [2.24, 2.45) is 11.8 Å². The van der Waals surface area contributed by atoms with Crippen LogP contribution in [-0.4, -0.2) is 29.4 Å². The van der Waals surface area contributed by atoms with E-state index in [1.807, 2.05) is 13.0 Å². The normalized spacial score (nSPS) is 36.1. The lowest BCUT2D eigenvalue weighted by molar-refractivity contribution is -0.149. The number of fused-ring (bicyclic) bond motifs is 2. The molecule has 2 aliphatic rings. The molecule has 4 atom stereocenters. The van der Waals surface area contributed by atoms with Crippen LogP contribution in [0.4, 0.5) is 0 Å². The maximum atomic E-state index is 11.9. The van der Waals surface area contributed by atoms with Crippen LogP contribution in [0, 0.1) is 11.8 Å². The number of thioether (sulfide) groups is 1. The molecule has 0 saturated carbocycles. The third kappa shape index (κ3) is 1.79. The summed E-state index contributed by atoms with van der Waals surface area (Å²) >= 11 is 1.75. The van der Waals surface area contributed by atoms with Crippen molar-refractivity contribution in [2.45, 2.75) is 30.3 Å². The summed E-state index contributed by atoms with van der Waals surface area (Å²) in [6.45, 7) is 1.86. The minimum atomic E-state index is -0.272. The Balaban J connectivity index is 2.27. The number of allylic oxidation sites excluding steroid dienone is 1. The molecule has 1 fully saturated rings. The van der Waals surface area contributed by atoms with E-state index < -0.39 is 0 Å². The van der Waals surface area contributed by atoms with E-state index >= 15 is 0 Å². The second-order valence-electron chi connectivity index (χ2n) is 4.20. The molecule has 4 heteroatoms. The molecule has 0 amide bonds. The highest BCUT2D eigenvalue weighted by atomic mass is 32.2. The number of esters is 1. The summed E-state index contributed by atoms with van der Waals surface area (Å²) in [5, 5.41) is 0.401. The van der Waals surface area contributed by atoms with Crippen molar-refractivity contribution in [3.8, 4) is 0 Å². The van der Waals surface area contributed by atoms with Gasteiger partial charge in [-0.3, -0.25) is 9.59 Å². The van der Waals surface area contributed by atoms with Crippen molar-refractivity contribution >= 4 is 23.5 Å². The fraction of sp³-hybridized carbons (Fsp3) is 0.667. The van der Waals surface area contributed by atoms with E-state index in [4.69, 9.17) is 4.74 Å². The molecule has 0 aliphatic carbocycles. The van der Waals surface area contributed by atoms with Gasteiger partial charge in [-0.2, -0.15) is 0 Å². The summed E-state index contributed by atoms with van der Waals surface area (Å²) in [5.74, 6) is -0.467. The Labute approximate surface area is 99.6 Å². The zero-order chi connectivity index (χ0) is 11.7. The zero-order valence-corrected chi connectivity index (χ0v) is 10.3. The minimum Gasteiger partial charge on any atom is -0.469 e. The molecule has 0 spiro atoms. The fourth-order valence-electron chi connectivity index (χ4n) is 2.58. The first-order valence-corrected chi connectivity index (χ1v) is 6.56. The van der Waals surface area contributed by atoms with Crippen LogP contribution in [0.2, 0.25) is 0 Å². The average molecular weight is 240 g/mol. The second-order valence-corrected chi connectivity index (χ2v) is 5.62. The van der Waals surface area contributed by atoms with Crippen molar-refractivity contribution in [3.05, 3.63) is 12.2 Å². The van der Waals surface area contributed by atoms with Crippen LogP contribution in [0.3, 0.4) is 0 Å². The first-order valence-electron chi connectivity index (χ1n) is 5.61. The van der Waals surface area contributed by atoms with Crippen molar-refractivity contribution in [1.29, 1.82) is 0 Å². The first kappa shape index (κ1) is 11.7. The Hall–Kier alpha value is -0.770. The van der Waals surface area contributed by atoms with Crippen molar-refractivity contribution in [3.63, 3.8) is 0 Å². The second kappa shape index (κ2) is 4.62. The predicted molar refractivity (Wildman–Crippen MR) is 63.2 cm³/mol. The van der Waals surface area contributed by atoms with Crippen molar-refractivity contribution < 1.29 is 14.3 Å². The molecule has 88 valence electrons. The molecule has 16 heavy (non-hydrogen) atoms. The monoisotopic (exact) mass is 240 g/mol. The lowest BCUT2D eigenvalue weighted by atomic mass is 9.83. The number of ketones is 1. The molecule has 2 aliphatic heterocycles. The molecule has 4 unspecified atom stereocenters. The van der Waals surface area contributed by atoms with Crippen molar-refractivity contribution in [1.82, 2.24) is 0 Å². The first-order chi connectivity index (χ1) is 7.69. The van der Waals surface area contributed by atoms with E-state index in [0.717, 1.165) is 6.42 Å². The van der Waals surface area contributed by atoms with Gasteiger partial charge < -0.3 is 4.74 Å². The van der Waals surface area contributed by atoms with Gasteiger partial charge in [-0.05, 0) is 6.42 Å². The van der Waals surface area contributed by atoms with E-state index in [1.165, 1.54) is 7.11 Å². The maximum Gasteiger partial charge on any atom is 0.310 e. The minimum absolute atomic E-state index is 0.131. The number of carbonyl (C=O) groups is 2. The molecule has 0 radical (unpaired) electrons. The largest absolute Gasteiger partial charge is 0.469 e. The van der Waals surface area contributed by atoms with E-state index in [2.05, 4.69) is 6.08 Å². The number of rotatable bonds is 3. The van der Waals surface area contributed by atoms with Gasteiger partial charge in [-0.1, -0.05) is 19.1 Å². The number of carbonyl (C=O) groups excluding carboxylic acids is 2. The van der Waals surface area contributed by atoms with Crippen molar-refractivity contribution in [2.75, 3.05) is 7.11 Å². The van der Waals surface area contributed by atoms with E-state index in [1.54, 1.807) is 11.8 Å². The smallest absolute Gasteiger partial charge is 0.310 e. The molecular weight excluding hydrogens is 224 g/mol. The Morgan fingerprint density at radius 3 is 2.81 bits per heavy atom. The lowest BCUT2D eigenvalue weighted by Crippen LogP contribution is -2.34. The maximum absolute atomic E-state index is 11.9. The summed E-state index contributed by atoms with van der Waals surface area (Å²) in [4.78, 5) is 23.7. The highest BCUT2D eigenvalue weighted by molar-refractivity contribution is 8.01. The Kier molecular flexibility index (Phi) is 3.38. The number of Topliss-reactive ketones (excluding diaryl/α,β-unsaturated/α-hetero) is 1. The molecule has 3 nitrogen and oxygen atoms in total. The summed E-state index contributed by atoms with van der Waals surface area (Å²) < 4.78 is 4.83. The van der Waals surface area contributed by atoms with Crippen LogP contribution in [0.5, 0.6) is 0 Å². The van der Waals surface area contributed by atoms with Gasteiger partial charge in [0.05, 0.1) is 13.0 Å². The van der Waals surface area contributed by atoms with Crippen LogP contribution in [-0.2, 0) is 14.3 Å². The summed E-state index contributed by atoms with van der Waals surface area (Å²) in [5.41, 5.74) is 0. The quantitative estimate of drug-likeness (QED) is 0.557. The van der Waals surface area contributed by atoms with E-state index in [0.29, 0.717) is 6.42 Å². The van der Waals surface area contributed by atoms with Gasteiger partial charge in [0.2, 0.25) is 0 Å². The summed E-state index contributed by atoms with van der Waals surface area (Å²) in [6, 6.07) is 0. The van der Waals surface area contributed by atoms with Crippen LogP contribution >= 0.6 is 11.8 Å². The lowest BCUT2D eigenvalue weighted by Gasteiger charge is -2.19. The van der Waals surface area contributed by atoms with Crippen LogP contribution in [0.25, 0.3) is 0 Å². The standard InChI is InChI=1S/C12H16O3S/c1-3-7(13)10-8-5-4-6-9(16-8)11(10)12(14)15-2/h4,6,8-11H,3,5H2,1-2H3. The van der Waals surface area contributed by atoms with Gasteiger partial charge >= 0.3 is 5.97 Å². The summed E-state index contributed by atoms with van der Waals surface area (Å²) in [7, 11) is 1.40. The molecule has 2 heterocycles. The number of ether oxygens (including phenoxy) is 1. The Morgan fingerprint density at radius 2 is 2.19 bits per heavy atom. The topological polar surface area (TPSA) is 43.4 Å². The fourth-order valence-corrected chi connectivity index (χ4v) is 4.35. The van der Waals surface area contributed by atoms with Crippen LogP contribution in [0.1, 0.15) is 19.8 Å². The summed E-state index contributed by atoms with van der Waals surface area (Å²) in [6.07, 6.45) is 5.53. The van der Waals surface area contributed by atoms with Gasteiger partial charge in [0.1, 0.15) is 5.78 Å². The molecule has 0 aromatic carbocycles. The molecule has 2 rings (SSSR count). The molecule has 2 bridgehead atoms. The molecule has 0 N–H and O–H groups in total. The molecular formula is C12H16O3S. The molecule has 1 saturated heterocycles. The van der Waals surface area contributed by atoms with Crippen LogP contribution < -0.4 is 0 Å². The third-order valence-electron chi connectivity index (χ3n) is 3.36. The number of hydrogen-bond acceptors (Lipinski definition) is 4. The van der Waals surface area contributed by atoms with E-state index in [-0.39, 0.29) is 34.1 Å². The van der Waals surface area contributed by atoms with Gasteiger partial charge in [-0.25, -0.2) is 0 Å². The number of methoxy groups -OCH3 is 1. The van der Waals surface area contributed by atoms with Gasteiger partial charge in [0.25, 0.3) is 0 Å². The number of hydrogen-bond donors (Lipinski definition) is 0. The van der Waals surface area contributed by atoms with E-state index in [9.17, 15) is 9.59 Å². The van der Waals surface area contributed by atoms with Gasteiger partial charge in [-0.15, -0.1) is 11.8 Å². The molecule has 0 aromatic heterocycles. The predicted octanol–water partition coefficient (Wildman–Crippen LogP) is 1.81. The zero-order valence-electron chi connectivity index (χ0n) is 9.51. The van der Waals surface area contributed by atoms with Gasteiger partial charge in [0, 0.05) is 22.8 Å². The highest BCUT2D eigenvalue weighted by Gasteiger charge is 2.50. The Bertz CT molecular complexity index is 337. The van der Waals surface area contributed by atoms with Crippen LogP contribution in [0.15, 0.2) is 12.2 Å². The molecule has 0 aromatic rings. The highest BCUT2D eigenvalue weighted by Crippen LogP contribution is 2.49. The Morgan fingerprint density at radius 1 is 1.44 bits per heavy atom. The van der Waals surface area contributed by atoms with Gasteiger partial charge in [0.15, 0.2) is 0 Å².